The van der Waals surface area contributed by atoms with Crippen molar-refractivity contribution in [1.29, 1.82) is 10.5 Å². The summed E-state index contributed by atoms with van der Waals surface area (Å²) < 4.78 is 0. The summed E-state index contributed by atoms with van der Waals surface area (Å²) in [7, 11) is 0. The van der Waals surface area contributed by atoms with Crippen LogP contribution in [-0.2, 0) is 0 Å². The predicted octanol–water partition coefficient (Wildman–Crippen LogP) is 3.63. The summed E-state index contributed by atoms with van der Waals surface area (Å²) in [5, 5.41) is 17.6. The minimum absolute atomic E-state index is 0.438. The molecule has 0 saturated heterocycles. The molecule has 0 fully saturated rings. The van der Waals surface area contributed by atoms with Gasteiger partial charge in [0.15, 0.2) is 0 Å². The fourth-order valence-corrected chi connectivity index (χ4v) is 1.40. The van der Waals surface area contributed by atoms with Crippen molar-refractivity contribution in [1.82, 2.24) is 0 Å². The highest BCUT2D eigenvalue weighted by Gasteiger charge is 2.00. The zero-order valence-corrected chi connectivity index (χ0v) is 9.40. The number of hydrogen-bond acceptors (Lipinski definition) is 2. The molecule has 2 nitrogen and oxygen atoms in total. The first kappa shape index (κ1) is 12.0. The van der Waals surface area contributed by atoms with Gasteiger partial charge in [-0.3, -0.25) is 0 Å². The maximum Gasteiger partial charge on any atom is 0.101 e. The SMILES string of the molecule is CCCCC=Cc1ccc(C#N)c(C#N)c1. The lowest BCUT2D eigenvalue weighted by atomic mass is 10.1. The van der Waals surface area contributed by atoms with Crippen LogP contribution >= 0.6 is 0 Å². The van der Waals surface area contributed by atoms with Gasteiger partial charge in [-0.15, -0.1) is 0 Å². The molecule has 0 aromatic heterocycles. The molecule has 0 amide bonds. The van der Waals surface area contributed by atoms with E-state index in [2.05, 4.69) is 13.0 Å². The molecule has 1 rings (SSSR count). The van der Waals surface area contributed by atoms with E-state index in [1.807, 2.05) is 24.3 Å². The third-order valence-corrected chi connectivity index (χ3v) is 2.32. The normalized spacial score (nSPS) is 9.94. The number of benzene rings is 1. The first-order valence-electron chi connectivity index (χ1n) is 5.42. The molecule has 0 aliphatic heterocycles. The van der Waals surface area contributed by atoms with E-state index in [9.17, 15) is 0 Å². The minimum atomic E-state index is 0.438. The zero-order valence-electron chi connectivity index (χ0n) is 9.40. The number of allylic oxidation sites excluding steroid dienone is 1. The van der Waals surface area contributed by atoms with E-state index in [0.29, 0.717) is 11.1 Å². The van der Waals surface area contributed by atoms with Crippen LogP contribution in [0.3, 0.4) is 0 Å². The molecule has 80 valence electrons. The van der Waals surface area contributed by atoms with Crippen molar-refractivity contribution in [3.63, 3.8) is 0 Å². The summed E-state index contributed by atoms with van der Waals surface area (Å²) in [6.07, 6.45) is 7.51. The molecular formula is C14H14N2. The smallest absolute Gasteiger partial charge is 0.101 e. The van der Waals surface area contributed by atoms with Gasteiger partial charge in [-0.05, 0) is 24.1 Å². The molecule has 0 saturated carbocycles. The molecule has 2 heteroatoms. The minimum Gasteiger partial charge on any atom is -0.192 e. The lowest BCUT2D eigenvalue weighted by Crippen LogP contribution is -1.84. The van der Waals surface area contributed by atoms with Gasteiger partial charge in [0.05, 0.1) is 11.1 Å². The average Bonchev–Trinajstić information content (AvgIpc) is 2.34. The van der Waals surface area contributed by atoms with Gasteiger partial charge in [-0.25, -0.2) is 0 Å². The Kier molecular flexibility index (Phi) is 4.83. The van der Waals surface area contributed by atoms with E-state index >= 15 is 0 Å². The number of unbranched alkanes of at least 4 members (excludes halogenated alkanes) is 2. The van der Waals surface area contributed by atoms with E-state index in [0.717, 1.165) is 12.0 Å². The predicted molar refractivity (Wildman–Crippen MR) is 64.4 cm³/mol. The highest BCUT2D eigenvalue weighted by atomic mass is 14.3. The maximum absolute atomic E-state index is 8.86. The molecule has 1 aromatic rings. The van der Waals surface area contributed by atoms with E-state index in [-0.39, 0.29) is 0 Å². The highest BCUT2D eigenvalue weighted by Crippen LogP contribution is 2.12. The van der Waals surface area contributed by atoms with Crippen LogP contribution in [0.15, 0.2) is 24.3 Å². The van der Waals surface area contributed by atoms with Crippen LogP contribution in [0.4, 0.5) is 0 Å². The summed E-state index contributed by atoms with van der Waals surface area (Å²) in [6, 6.07) is 9.34. The van der Waals surface area contributed by atoms with Crippen LogP contribution in [0.1, 0.15) is 42.9 Å². The third kappa shape index (κ3) is 3.26. The highest BCUT2D eigenvalue weighted by molar-refractivity contribution is 5.56. The number of hydrogen-bond donors (Lipinski definition) is 0. The van der Waals surface area contributed by atoms with Crippen LogP contribution in [0, 0.1) is 22.7 Å². The van der Waals surface area contributed by atoms with E-state index in [4.69, 9.17) is 10.5 Å². The second kappa shape index (κ2) is 6.43. The van der Waals surface area contributed by atoms with Gasteiger partial charge in [0.2, 0.25) is 0 Å². The van der Waals surface area contributed by atoms with Gasteiger partial charge < -0.3 is 0 Å². The monoisotopic (exact) mass is 210 g/mol. The molecule has 16 heavy (non-hydrogen) atoms. The van der Waals surface area contributed by atoms with Crippen LogP contribution in [-0.4, -0.2) is 0 Å². The molecule has 0 atom stereocenters. The Morgan fingerprint density at radius 2 is 1.94 bits per heavy atom. The molecular weight excluding hydrogens is 196 g/mol. The van der Waals surface area contributed by atoms with Gasteiger partial charge in [0.1, 0.15) is 12.1 Å². The van der Waals surface area contributed by atoms with Crippen LogP contribution in [0.2, 0.25) is 0 Å². The van der Waals surface area contributed by atoms with E-state index in [1.165, 1.54) is 12.8 Å². The van der Waals surface area contributed by atoms with Crippen LogP contribution in [0.25, 0.3) is 6.08 Å². The van der Waals surface area contributed by atoms with Gasteiger partial charge in [-0.2, -0.15) is 10.5 Å². The van der Waals surface area contributed by atoms with Gasteiger partial charge in [-0.1, -0.05) is 38.0 Å². The second-order valence-electron chi connectivity index (χ2n) is 3.57. The zero-order chi connectivity index (χ0) is 11.8. The fraction of sp³-hybridized carbons (Fsp3) is 0.286. The molecule has 0 aliphatic rings. The van der Waals surface area contributed by atoms with Crippen LogP contribution in [0.5, 0.6) is 0 Å². The lowest BCUT2D eigenvalue weighted by molar-refractivity contribution is 0.816. The topological polar surface area (TPSA) is 47.6 Å². The van der Waals surface area contributed by atoms with Crippen molar-refractivity contribution in [2.45, 2.75) is 26.2 Å². The van der Waals surface area contributed by atoms with Crippen molar-refractivity contribution < 1.29 is 0 Å². The average molecular weight is 210 g/mol. The van der Waals surface area contributed by atoms with Gasteiger partial charge >= 0.3 is 0 Å². The number of nitriles is 2. The molecule has 0 aliphatic carbocycles. The van der Waals surface area contributed by atoms with Gasteiger partial charge in [0, 0.05) is 0 Å². The number of rotatable bonds is 4. The summed E-state index contributed by atoms with van der Waals surface area (Å²) in [5.41, 5.74) is 1.86. The van der Waals surface area contributed by atoms with E-state index < -0.39 is 0 Å². The fourth-order valence-electron chi connectivity index (χ4n) is 1.40. The molecule has 0 unspecified atom stereocenters. The molecule has 1 aromatic carbocycles. The maximum atomic E-state index is 8.86. The first-order valence-corrected chi connectivity index (χ1v) is 5.42. The Labute approximate surface area is 96.4 Å². The largest absolute Gasteiger partial charge is 0.192 e. The van der Waals surface area contributed by atoms with Crippen molar-refractivity contribution in [2.24, 2.45) is 0 Å². The molecule has 0 radical (unpaired) electrons. The summed E-state index contributed by atoms with van der Waals surface area (Å²) in [5.74, 6) is 0. The Morgan fingerprint density at radius 3 is 2.56 bits per heavy atom. The van der Waals surface area contributed by atoms with Gasteiger partial charge in [0.25, 0.3) is 0 Å². The van der Waals surface area contributed by atoms with Crippen molar-refractivity contribution in [3.8, 4) is 12.1 Å². The molecule has 0 heterocycles. The lowest BCUT2D eigenvalue weighted by Gasteiger charge is -1.97. The molecule has 0 spiro atoms. The Morgan fingerprint density at radius 1 is 1.19 bits per heavy atom. The summed E-state index contributed by atoms with van der Waals surface area (Å²) in [6.45, 7) is 2.16. The Bertz CT molecular complexity index is 459. The quantitative estimate of drug-likeness (QED) is 0.712. The summed E-state index contributed by atoms with van der Waals surface area (Å²) in [4.78, 5) is 0. The van der Waals surface area contributed by atoms with Crippen molar-refractivity contribution >= 4 is 6.08 Å². The second-order valence-corrected chi connectivity index (χ2v) is 3.57. The molecule has 0 N–H and O–H groups in total. The number of nitrogens with zero attached hydrogens (tertiary/aromatic N) is 2. The third-order valence-electron chi connectivity index (χ3n) is 2.32. The van der Waals surface area contributed by atoms with Crippen molar-refractivity contribution in [3.05, 3.63) is 41.0 Å². The molecule has 0 bridgehead atoms. The Hall–Kier alpha value is -2.06. The standard InChI is InChI=1S/C14H14N2/c1-2-3-4-5-6-12-7-8-13(10-15)14(9-12)11-16/h5-9H,2-4H2,1H3. The Balaban J connectivity index is 2.81. The summed E-state index contributed by atoms with van der Waals surface area (Å²) >= 11 is 0. The van der Waals surface area contributed by atoms with Crippen LogP contribution < -0.4 is 0 Å². The van der Waals surface area contributed by atoms with Crippen molar-refractivity contribution in [2.75, 3.05) is 0 Å². The first-order chi connectivity index (χ1) is 7.81. The van der Waals surface area contributed by atoms with E-state index in [1.54, 1.807) is 12.1 Å².